The van der Waals surface area contributed by atoms with Crippen molar-refractivity contribution in [3.8, 4) is 0 Å². The number of alkyl halides is 3. The van der Waals surface area contributed by atoms with Crippen molar-refractivity contribution in [2.45, 2.75) is 24.5 Å². The normalized spacial score (nSPS) is 12.2. The second-order valence-electron chi connectivity index (χ2n) is 8.09. The van der Waals surface area contributed by atoms with Crippen molar-refractivity contribution in [3.05, 3.63) is 83.4 Å². The fourth-order valence-electron chi connectivity index (χ4n) is 3.78. The Hall–Kier alpha value is -3.18. The van der Waals surface area contributed by atoms with Crippen molar-refractivity contribution in [1.82, 2.24) is 4.98 Å². The number of anilines is 2. The van der Waals surface area contributed by atoms with Crippen molar-refractivity contribution in [2.75, 3.05) is 23.3 Å². The number of aryl methyl sites for hydroxylation is 1. The first-order valence-corrected chi connectivity index (χ1v) is 12.6. The molecular weight excluding hydrogens is 502 g/mol. The van der Waals surface area contributed by atoms with Crippen LogP contribution in [0.15, 0.2) is 65.8 Å². The van der Waals surface area contributed by atoms with E-state index in [1.807, 2.05) is 24.3 Å². The van der Waals surface area contributed by atoms with Gasteiger partial charge in [-0.15, -0.1) is 11.3 Å². The molecule has 0 saturated carbocycles. The van der Waals surface area contributed by atoms with Crippen LogP contribution in [0.25, 0.3) is 10.1 Å². The van der Waals surface area contributed by atoms with E-state index in [4.69, 9.17) is 0 Å². The second kappa shape index (κ2) is 9.12. The van der Waals surface area contributed by atoms with Gasteiger partial charge in [-0.3, -0.25) is 9.29 Å². The van der Waals surface area contributed by atoms with Crippen molar-refractivity contribution in [3.63, 3.8) is 0 Å². The molecule has 0 unspecified atom stereocenters. The smallest absolute Gasteiger partial charge is 0.376 e. The number of pyridine rings is 1. The van der Waals surface area contributed by atoms with Gasteiger partial charge < -0.3 is 4.90 Å². The predicted molar refractivity (Wildman–Crippen MR) is 130 cm³/mol. The minimum absolute atomic E-state index is 0.00514. The van der Waals surface area contributed by atoms with Gasteiger partial charge in [-0.25, -0.2) is 12.8 Å². The molecule has 0 aliphatic rings. The summed E-state index contributed by atoms with van der Waals surface area (Å²) in [5.74, 6) is -1.42. The molecule has 0 aliphatic heterocycles. The van der Waals surface area contributed by atoms with Crippen LogP contribution in [0.4, 0.5) is 28.3 Å². The summed E-state index contributed by atoms with van der Waals surface area (Å²) in [6.07, 6.45) is -2.25. The summed E-state index contributed by atoms with van der Waals surface area (Å²) in [6, 6.07) is 11.4. The highest BCUT2D eigenvalue weighted by atomic mass is 32.2. The molecule has 0 fully saturated rings. The molecule has 0 amide bonds. The van der Waals surface area contributed by atoms with Crippen LogP contribution >= 0.6 is 11.3 Å². The first-order valence-electron chi connectivity index (χ1n) is 10.4. The van der Waals surface area contributed by atoms with Gasteiger partial charge in [0.05, 0.1) is 17.8 Å². The Morgan fingerprint density at radius 1 is 1.06 bits per heavy atom. The fraction of sp³-hybridized carbons (Fsp3) is 0.208. The van der Waals surface area contributed by atoms with E-state index in [-0.39, 0.29) is 10.5 Å². The number of hydrogen-bond donors (Lipinski definition) is 0. The highest BCUT2D eigenvalue weighted by molar-refractivity contribution is 7.93. The summed E-state index contributed by atoms with van der Waals surface area (Å²) in [6.45, 7) is 1.33. The lowest BCUT2D eigenvalue weighted by atomic mass is 10.1. The number of thiophene rings is 1. The maximum Gasteiger partial charge on any atom is 0.419 e. The first kappa shape index (κ1) is 24.9. The second-order valence-corrected chi connectivity index (χ2v) is 11.0. The number of halogens is 4. The molecule has 4 aromatic rings. The van der Waals surface area contributed by atoms with Gasteiger partial charge in [0.2, 0.25) is 0 Å². The highest BCUT2D eigenvalue weighted by Crippen LogP contribution is 2.42. The standard InChI is InChI=1S/C24H21F4N3O2S2/c1-15-17-6-4-5-7-21(17)34-23(15)31(14-16-8-9-19(25)18(12-16)24(26,27)28)35(32,33)22-13-29-11-10-20(22)30(2)3/h4-13H,14H2,1-3H3. The van der Waals surface area contributed by atoms with Crippen molar-refractivity contribution >= 4 is 42.1 Å². The van der Waals surface area contributed by atoms with Gasteiger partial charge >= 0.3 is 6.18 Å². The van der Waals surface area contributed by atoms with E-state index < -0.39 is 34.1 Å². The minimum atomic E-state index is -4.92. The molecular formula is C24H21F4N3O2S2. The maximum absolute atomic E-state index is 14.0. The lowest BCUT2D eigenvalue weighted by Gasteiger charge is -2.26. The van der Waals surface area contributed by atoms with E-state index in [2.05, 4.69) is 4.98 Å². The molecule has 2 aromatic heterocycles. The van der Waals surface area contributed by atoms with E-state index in [1.165, 1.54) is 23.7 Å². The Balaban J connectivity index is 1.93. The van der Waals surface area contributed by atoms with Crippen LogP contribution in [0.1, 0.15) is 16.7 Å². The van der Waals surface area contributed by atoms with E-state index in [9.17, 15) is 26.0 Å². The Labute approximate surface area is 204 Å². The van der Waals surface area contributed by atoms with Crippen LogP contribution in [0, 0.1) is 12.7 Å². The number of hydrogen-bond acceptors (Lipinski definition) is 5. The lowest BCUT2D eigenvalue weighted by Crippen LogP contribution is -2.32. The average Bonchev–Trinajstić information content (AvgIpc) is 3.13. The third-order valence-corrected chi connectivity index (χ3v) is 8.69. The largest absolute Gasteiger partial charge is 0.419 e. The minimum Gasteiger partial charge on any atom is -0.376 e. The number of rotatable bonds is 6. The molecule has 35 heavy (non-hydrogen) atoms. The van der Waals surface area contributed by atoms with Crippen LogP contribution in [0.3, 0.4) is 0 Å². The zero-order valence-electron chi connectivity index (χ0n) is 19.0. The topological polar surface area (TPSA) is 53.5 Å². The van der Waals surface area contributed by atoms with Gasteiger partial charge in [-0.1, -0.05) is 24.3 Å². The highest BCUT2D eigenvalue weighted by Gasteiger charge is 2.36. The third-order valence-electron chi connectivity index (χ3n) is 5.52. The van der Waals surface area contributed by atoms with Gasteiger partial charge in [-0.05, 0) is 47.7 Å². The number of aromatic nitrogens is 1. The Morgan fingerprint density at radius 2 is 1.77 bits per heavy atom. The Bertz CT molecular complexity index is 1500. The summed E-state index contributed by atoms with van der Waals surface area (Å²) >= 11 is 1.22. The molecule has 0 bridgehead atoms. The molecule has 5 nitrogen and oxygen atoms in total. The zero-order chi connectivity index (χ0) is 25.5. The maximum atomic E-state index is 14.0. The molecule has 2 aromatic carbocycles. The Morgan fingerprint density at radius 3 is 2.43 bits per heavy atom. The number of sulfonamides is 1. The molecule has 184 valence electrons. The van der Waals surface area contributed by atoms with Gasteiger partial charge in [0.25, 0.3) is 10.0 Å². The van der Waals surface area contributed by atoms with Gasteiger partial charge in [0.15, 0.2) is 0 Å². The first-order chi connectivity index (χ1) is 16.4. The molecule has 4 rings (SSSR count). The summed E-state index contributed by atoms with van der Waals surface area (Å²) < 4.78 is 83.9. The van der Waals surface area contributed by atoms with Crippen molar-refractivity contribution < 1.29 is 26.0 Å². The van der Waals surface area contributed by atoms with Gasteiger partial charge in [0.1, 0.15) is 15.7 Å². The van der Waals surface area contributed by atoms with E-state index in [0.29, 0.717) is 28.4 Å². The molecule has 2 heterocycles. The Kier molecular flexibility index (Phi) is 6.50. The molecule has 0 spiro atoms. The number of benzene rings is 2. The monoisotopic (exact) mass is 523 g/mol. The summed E-state index contributed by atoms with van der Waals surface area (Å²) in [5, 5.41) is 1.19. The average molecular weight is 524 g/mol. The van der Waals surface area contributed by atoms with Crippen LogP contribution in [-0.4, -0.2) is 27.5 Å². The van der Waals surface area contributed by atoms with Gasteiger partial charge in [0, 0.05) is 31.2 Å². The zero-order valence-corrected chi connectivity index (χ0v) is 20.6. The van der Waals surface area contributed by atoms with Crippen LogP contribution in [0.5, 0.6) is 0 Å². The third kappa shape index (κ3) is 4.70. The van der Waals surface area contributed by atoms with Crippen LogP contribution in [0.2, 0.25) is 0 Å². The quantitative estimate of drug-likeness (QED) is 0.282. The van der Waals surface area contributed by atoms with Gasteiger partial charge in [-0.2, -0.15) is 13.2 Å². The number of fused-ring (bicyclic) bond motifs is 1. The fourth-order valence-corrected chi connectivity index (χ4v) is 6.92. The summed E-state index contributed by atoms with van der Waals surface area (Å²) in [5.41, 5.74) is -0.410. The van der Waals surface area contributed by atoms with Crippen molar-refractivity contribution in [2.24, 2.45) is 0 Å². The predicted octanol–water partition coefficient (Wildman–Crippen LogP) is 6.22. The number of nitrogens with zero attached hydrogens (tertiary/aromatic N) is 3. The molecule has 0 radical (unpaired) electrons. The van der Waals surface area contributed by atoms with E-state index in [0.717, 1.165) is 20.5 Å². The molecule has 0 atom stereocenters. The molecule has 0 saturated heterocycles. The molecule has 11 heteroatoms. The molecule has 0 N–H and O–H groups in total. The lowest BCUT2D eigenvalue weighted by molar-refractivity contribution is -0.140. The van der Waals surface area contributed by atoms with Crippen molar-refractivity contribution in [1.29, 1.82) is 0 Å². The summed E-state index contributed by atoms with van der Waals surface area (Å²) in [7, 11) is -0.933. The van der Waals surface area contributed by atoms with E-state index >= 15 is 0 Å². The molecule has 0 aliphatic carbocycles. The van der Waals surface area contributed by atoms with Crippen LogP contribution in [-0.2, 0) is 22.7 Å². The van der Waals surface area contributed by atoms with Crippen LogP contribution < -0.4 is 9.21 Å². The SMILES string of the molecule is Cc1c(N(Cc2ccc(F)c(C(F)(F)F)c2)S(=O)(=O)c2cnccc2N(C)C)sc2ccccc12. The summed E-state index contributed by atoms with van der Waals surface area (Å²) in [4.78, 5) is 5.49. The van der Waals surface area contributed by atoms with E-state index in [1.54, 1.807) is 32.0 Å².